The van der Waals surface area contributed by atoms with Gasteiger partial charge in [-0.15, -0.1) is 0 Å². The van der Waals surface area contributed by atoms with Crippen LogP contribution in [0.15, 0.2) is 24.3 Å². The molecule has 3 atom stereocenters. The first-order valence-corrected chi connectivity index (χ1v) is 10.0. The van der Waals surface area contributed by atoms with Crippen LogP contribution in [0.4, 0.5) is 5.69 Å². The van der Waals surface area contributed by atoms with Gasteiger partial charge in [-0.25, -0.2) is 4.79 Å². The maximum Gasteiger partial charge on any atom is 0.326 e. The number of rotatable bonds is 6. The number of likely N-dealkylation sites (tertiary alicyclic amines) is 1. The molecule has 2 heterocycles. The molecule has 0 aromatic heterocycles. The molecule has 1 aromatic carbocycles. The van der Waals surface area contributed by atoms with E-state index in [-0.39, 0.29) is 24.0 Å². The Balaban J connectivity index is 1.59. The zero-order chi connectivity index (χ0) is 20.1. The van der Waals surface area contributed by atoms with Crippen molar-refractivity contribution in [1.29, 1.82) is 0 Å². The van der Waals surface area contributed by atoms with E-state index < -0.39 is 12.0 Å². The standard InChI is InChI=1S/C21H28N2O5/c1-14-8-9-17(28-14)10-11-19(24)22-16-6-4-5-15(13-16)20(25)23-12-3-2-7-18(23)21(26)27/h4-6,13-14,17-18H,2-3,7-12H2,1H3,(H,22,24)(H,26,27). The van der Waals surface area contributed by atoms with E-state index in [1.165, 1.54) is 4.90 Å². The first-order valence-electron chi connectivity index (χ1n) is 10.0. The summed E-state index contributed by atoms with van der Waals surface area (Å²) in [7, 11) is 0. The minimum absolute atomic E-state index is 0.117. The van der Waals surface area contributed by atoms with E-state index in [1.54, 1.807) is 24.3 Å². The molecule has 7 heteroatoms. The molecule has 3 unspecified atom stereocenters. The van der Waals surface area contributed by atoms with Crippen molar-refractivity contribution in [1.82, 2.24) is 4.90 Å². The van der Waals surface area contributed by atoms with Gasteiger partial charge in [-0.2, -0.15) is 0 Å². The average molecular weight is 388 g/mol. The van der Waals surface area contributed by atoms with E-state index in [2.05, 4.69) is 5.32 Å². The summed E-state index contributed by atoms with van der Waals surface area (Å²) in [6.07, 6.45) is 5.54. The predicted molar refractivity (Wildman–Crippen MR) is 104 cm³/mol. The number of carbonyl (C=O) groups is 3. The molecule has 152 valence electrons. The molecule has 0 aliphatic carbocycles. The molecular formula is C21H28N2O5. The number of nitrogens with zero attached hydrogens (tertiary/aromatic N) is 1. The quantitative estimate of drug-likeness (QED) is 0.781. The smallest absolute Gasteiger partial charge is 0.326 e. The number of aliphatic carboxylic acids is 1. The molecule has 28 heavy (non-hydrogen) atoms. The molecule has 0 spiro atoms. The summed E-state index contributed by atoms with van der Waals surface area (Å²) < 4.78 is 5.73. The predicted octanol–water partition coefficient (Wildman–Crippen LogP) is 3.05. The molecule has 2 fully saturated rings. The van der Waals surface area contributed by atoms with Crippen LogP contribution in [0.1, 0.15) is 62.2 Å². The number of carbonyl (C=O) groups excluding carboxylic acids is 2. The van der Waals surface area contributed by atoms with Crippen LogP contribution in [-0.2, 0) is 14.3 Å². The Hall–Kier alpha value is -2.41. The zero-order valence-electron chi connectivity index (χ0n) is 16.2. The summed E-state index contributed by atoms with van der Waals surface area (Å²) in [5, 5.41) is 12.2. The second kappa shape index (κ2) is 9.19. The highest BCUT2D eigenvalue weighted by molar-refractivity contribution is 5.99. The Morgan fingerprint density at radius 2 is 2.04 bits per heavy atom. The van der Waals surface area contributed by atoms with Crippen molar-refractivity contribution in [2.24, 2.45) is 0 Å². The van der Waals surface area contributed by atoms with Crippen LogP contribution in [0, 0.1) is 0 Å². The van der Waals surface area contributed by atoms with Crippen LogP contribution in [0.3, 0.4) is 0 Å². The van der Waals surface area contributed by atoms with Crippen LogP contribution in [0.25, 0.3) is 0 Å². The van der Waals surface area contributed by atoms with Gasteiger partial charge in [0.15, 0.2) is 0 Å². The Labute approximate surface area is 165 Å². The van der Waals surface area contributed by atoms with Crippen molar-refractivity contribution in [3.05, 3.63) is 29.8 Å². The Kier molecular flexibility index (Phi) is 6.67. The Morgan fingerprint density at radius 1 is 1.21 bits per heavy atom. The lowest BCUT2D eigenvalue weighted by Gasteiger charge is -2.33. The first kappa shape index (κ1) is 20.3. The van der Waals surface area contributed by atoms with Crippen LogP contribution in [-0.4, -0.2) is 52.6 Å². The van der Waals surface area contributed by atoms with E-state index in [1.807, 2.05) is 6.92 Å². The minimum Gasteiger partial charge on any atom is -0.480 e. The number of benzene rings is 1. The average Bonchev–Trinajstić information content (AvgIpc) is 3.11. The third-order valence-corrected chi connectivity index (χ3v) is 5.46. The van der Waals surface area contributed by atoms with Gasteiger partial charge in [0.1, 0.15) is 6.04 Å². The van der Waals surface area contributed by atoms with E-state index in [4.69, 9.17) is 4.74 Å². The highest BCUT2D eigenvalue weighted by Crippen LogP contribution is 2.24. The lowest BCUT2D eigenvalue weighted by Crippen LogP contribution is -2.48. The summed E-state index contributed by atoms with van der Waals surface area (Å²) in [5.41, 5.74) is 0.930. The summed E-state index contributed by atoms with van der Waals surface area (Å²) in [4.78, 5) is 37.9. The fraction of sp³-hybridized carbons (Fsp3) is 0.571. The molecule has 2 aliphatic heterocycles. The number of hydrogen-bond donors (Lipinski definition) is 2. The number of amides is 2. The van der Waals surface area contributed by atoms with Crippen molar-refractivity contribution in [3.63, 3.8) is 0 Å². The van der Waals surface area contributed by atoms with Crippen LogP contribution < -0.4 is 5.32 Å². The van der Waals surface area contributed by atoms with Gasteiger partial charge in [0.25, 0.3) is 5.91 Å². The monoisotopic (exact) mass is 388 g/mol. The third kappa shape index (κ3) is 5.10. The largest absolute Gasteiger partial charge is 0.480 e. The lowest BCUT2D eigenvalue weighted by molar-refractivity contribution is -0.143. The highest BCUT2D eigenvalue weighted by atomic mass is 16.5. The molecule has 0 radical (unpaired) electrons. The molecule has 1 aromatic rings. The van der Waals surface area contributed by atoms with Gasteiger partial charge in [-0.3, -0.25) is 9.59 Å². The maximum absolute atomic E-state index is 12.8. The Morgan fingerprint density at radius 3 is 2.75 bits per heavy atom. The number of piperidine rings is 1. The third-order valence-electron chi connectivity index (χ3n) is 5.46. The zero-order valence-corrected chi connectivity index (χ0v) is 16.2. The summed E-state index contributed by atoms with van der Waals surface area (Å²) in [6.45, 7) is 2.48. The Bertz CT molecular complexity index is 735. The maximum atomic E-state index is 12.8. The molecule has 2 N–H and O–H groups in total. The normalized spacial score (nSPS) is 24.8. The molecule has 2 amide bonds. The van der Waals surface area contributed by atoms with Gasteiger partial charge in [-0.05, 0) is 63.6 Å². The van der Waals surface area contributed by atoms with Crippen LogP contribution in [0.5, 0.6) is 0 Å². The highest BCUT2D eigenvalue weighted by Gasteiger charge is 2.32. The van der Waals surface area contributed by atoms with E-state index in [0.29, 0.717) is 37.1 Å². The molecule has 7 nitrogen and oxygen atoms in total. The van der Waals surface area contributed by atoms with Gasteiger partial charge < -0.3 is 20.1 Å². The summed E-state index contributed by atoms with van der Waals surface area (Å²) in [5.74, 6) is -1.40. The van der Waals surface area contributed by atoms with Crippen molar-refractivity contribution in [3.8, 4) is 0 Å². The first-order chi connectivity index (χ1) is 13.4. The number of carboxylic acids is 1. The van der Waals surface area contributed by atoms with Crippen molar-refractivity contribution in [2.75, 3.05) is 11.9 Å². The number of hydrogen-bond acceptors (Lipinski definition) is 4. The molecule has 2 saturated heterocycles. The number of ether oxygens (including phenoxy) is 1. The number of carboxylic acid groups (broad SMARTS) is 1. The SMILES string of the molecule is CC1CCC(CCC(=O)Nc2cccc(C(=O)N3CCCCC3C(=O)O)c2)O1. The van der Waals surface area contributed by atoms with Gasteiger partial charge in [0.2, 0.25) is 5.91 Å². The van der Waals surface area contributed by atoms with Gasteiger partial charge in [0, 0.05) is 24.2 Å². The number of anilines is 1. The summed E-state index contributed by atoms with van der Waals surface area (Å²) >= 11 is 0. The molecule has 2 aliphatic rings. The van der Waals surface area contributed by atoms with Crippen molar-refractivity contribution >= 4 is 23.5 Å². The summed E-state index contributed by atoms with van der Waals surface area (Å²) in [6, 6.07) is 5.91. The van der Waals surface area contributed by atoms with Crippen molar-refractivity contribution < 1.29 is 24.2 Å². The van der Waals surface area contributed by atoms with Crippen LogP contribution >= 0.6 is 0 Å². The molecule has 0 bridgehead atoms. The lowest BCUT2D eigenvalue weighted by atomic mass is 10.0. The van der Waals surface area contributed by atoms with Crippen molar-refractivity contribution in [2.45, 2.75) is 70.1 Å². The second-order valence-corrected chi connectivity index (χ2v) is 7.66. The topological polar surface area (TPSA) is 95.9 Å². The molecule has 0 saturated carbocycles. The van der Waals surface area contributed by atoms with Crippen LogP contribution in [0.2, 0.25) is 0 Å². The van der Waals surface area contributed by atoms with Gasteiger partial charge >= 0.3 is 5.97 Å². The molecule has 3 rings (SSSR count). The number of nitrogens with one attached hydrogen (secondary N) is 1. The van der Waals surface area contributed by atoms with E-state index in [9.17, 15) is 19.5 Å². The van der Waals surface area contributed by atoms with E-state index >= 15 is 0 Å². The minimum atomic E-state index is -0.971. The molecular weight excluding hydrogens is 360 g/mol. The van der Waals surface area contributed by atoms with Gasteiger partial charge in [0.05, 0.1) is 12.2 Å². The van der Waals surface area contributed by atoms with Gasteiger partial charge in [-0.1, -0.05) is 6.07 Å². The fourth-order valence-electron chi connectivity index (χ4n) is 3.94. The fourth-order valence-corrected chi connectivity index (χ4v) is 3.94. The second-order valence-electron chi connectivity index (χ2n) is 7.66. The van der Waals surface area contributed by atoms with E-state index in [0.717, 1.165) is 25.7 Å².